The Morgan fingerprint density at radius 1 is 1.21 bits per heavy atom. The molecule has 0 aliphatic carbocycles. The van der Waals surface area contributed by atoms with Crippen molar-refractivity contribution in [1.29, 1.82) is 0 Å². The minimum atomic E-state index is 0.379. The molecule has 0 atom stereocenters. The Hall–Kier alpha value is -2.66. The van der Waals surface area contributed by atoms with Gasteiger partial charge in [-0.25, -0.2) is 0 Å². The van der Waals surface area contributed by atoms with Crippen LogP contribution in [-0.2, 0) is 0 Å². The maximum atomic E-state index is 8.36. The van der Waals surface area contributed by atoms with Crippen LogP contribution in [0.15, 0.2) is 29.4 Å². The van der Waals surface area contributed by atoms with Crippen molar-refractivity contribution < 1.29 is 9.47 Å². The van der Waals surface area contributed by atoms with Crippen LogP contribution in [0.2, 0.25) is 0 Å². The van der Waals surface area contributed by atoms with Gasteiger partial charge in [0.1, 0.15) is 5.82 Å². The molecule has 1 aromatic heterocycles. The van der Waals surface area contributed by atoms with Gasteiger partial charge in [-0.3, -0.25) is 5.10 Å². The molecule has 1 aliphatic rings. The van der Waals surface area contributed by atoms with Gasteiger partial charge in [-0.05, 0) is 34.9 Å². The van der Waals surface area contributed by atoms with Crippen molar-refractivity contribution in [2.45, 2.75) is 6.42 Å². The van der Waals surface area contributed by atoms with Crippen LogP contribution in [0, 0.1) is 0 Å². The van der Waals surface area contributed by atoms with Gasteiger partial charge >= 0.3 is 0 Å². The van der Waals surface area contributed by atoms with Crippen molar-refractivity contribution in [3.63, 3.8) is 0 Å². The van der Waals surface area contributed by atoms with Gasteiger partial charge in [-0.2, -0.15) is 5.10 Å². The second-order valence-corrected chi connectivity index (χ2v) is 4.04. The van der Waals surface area contributed by atoms with Gasteiger partial charge in [-0.1, -0.05) is 0 Å². The zero-order chi connectivity index (χ0) is 13.1. The number of aromatic nitrogens is 2. The summed E-state index contributed by atoms with van der Waals surface area (Å²) >= 11 is 0. The molecule has 0 spiro atoms. The van der Waals surface area contributed by atoms with E-state index in [0.717, 1.165) is 17.7 Å². The Labute approximate surface area is 108 Å². The van der Waals surface area contributed by atoms with Crippen molar-refractivity contribution in [2.75, 3.05) is 13.2 Å². The molecule has 3 rings (SSSR count). The van der Waals surface area contributed by atoms with E-state index < -0.39 is 0 Å². The van der Waals surface area contributed by atoms with Crippen LogP contribution in [0.1, 0.15) is 6.42 Å². The van der Waals surface area contributed by atoms with E-state index in [1.54, 1.807) is 6.07 Å². The molecule has 0 unspecified atom stereocenters. The number of rotatable bonds is 2. The van der Waals surface area contributed by atoms with E-state index in [1.807, 2.05) is 18.2 Å². The van der Waals surface area contributed by atoms with Gasteiger partial charge in [-0.15, -0.1) is 0 Å². The average molecular weight is 257 g/mol. The second-order valence-electron chi connectivity index (χ2n) is 4.04. The van der Waals surface area contributed by atoms with Gasteiger partial charge < -0.3 is 9.47 Å². The molecule has 2 heterocycles. The lowest BCUT2D eigenvalue weighted by atomic mass is 10.1. The lowest BCUT2D eigenvalue weighted by Gasteiger charge is -2.07. The zero-order valence-electron chi connectivity index (χ0n) is 10.0. The maximum absolute atomic E-state index is 8.36. The van der Waals surface area contributed by atoms with Crippen molar-refractivity contribution in [1.82, 2.24) is 10.2 Å². The van der Waals surface area contributed by atoms with E-state index in [2.05, 4.69) is 20.2 Å². The van der Waals surface area contributed by atoms with Crippen LogP contribution in [0.3, 0.4) is 0 Å². The number of ether oxygens (including phenoxy) is 2. The molecule has 1 aromatic carbocycles. The first-order chi connectivity index (χ1) is 9.36. The molecule has 0 bridgehead atoms. The van der Waals surface area contributed by atoms with E-state index in [-0.39, 0.29) is 0 Å². The Balaban J connectivity index is 1.96. The molecule has 0 radical (unpaired) electrons. The normalized spacial score (nSPS) is 13.5. The fraction of sp³-hybridized carbons (Fsp3) is 0.250. The number of hydrogen-bond acceptors (Lipinski definition) is 4. The lowest BCUT2D eigenvalue weighted by molar-refractivity contribution is 0.297. The summed E-state index contributed by atoms with van der Waals surface area (Å²) in [5, 5.41) is 10.2. The number of hydrogen-bond donors (Lipinski definition) is 1. The second kappa shape index (κ2) is 4.91. The first-order valence-corrected chi connectivity index (χ1v) is 5.87. The highest BCUT2D eigenvalue weighted by Gasteiger charge is 2.12. The Morgan fingerprint density at radius 3 is 2.89 bits per heavy atom. The molecule has 2 aromatic rings. The number of benzene rings is 1. The largest absolute Gasteiger partial charge is 0.490 e. The molecule has 0 saturated heterocycles. The molecule has 19 heavy (non-hydrogen) atoms. The minimum absolute atomic E-state index is 0.379. The fourth-order valence-electron chi connectivity index (χ4n) is 1.88. The fourth-order valence-corrected chi connectivity index (χ4v) is 1.88. The van der Waals surface area contributed by atoms with Gasteiger partial charge in [0.05, 0.1) is 18.9 Å². The predicted molar refractivity (Wildman–Crippen MR) is 68.4 cm³/mol. The van der Waals surface area contributed by atoms with E-state index in [0.29, 0.717) is 30.5 Å². The highest BCUT2D eigenvalue weighted by atomic mass is 16.5. The highest BCUT2D eigenvalue weighted by molar-refractivity contribution is 5.65. The summed E-state index contributed by atoms with van der Waals surface area (Å²) in [5.41, 5.74) is 9.93. The topological polar surface area (TPSA) is 95.9 Å². The summed E-state index contributed by atoms with van der Waals surface area (Å²) in [6.07, 6.45) is 0.869. The standard InChI is InChI=1S/C12H11N5O2/c13-17-16-12-7-9(14-15-12)8-2-3-10-11(6-8)19-5-1-4-18-10/h2-3,6-7H,1,4-5H2,(H,14,15). The summed E-state index contributed by atoms with van der Waals surface area (Å²) in [6.45, 7) is 1.30. The number of aromatic amines is 1. The van der Waals surface area contributed by atoms with Gasteiger partial charge in [0.15, 0.2) is 11.5 Å². The van der Waals surface area contributed by atoms with Crippen LogP contribution >= 0.6 is 0 Å². The van der Waals surface area contributed by atoms with Crippen LogP contribution < -0.4 is 9.47 Å². The van der Waals surface area contributed by atoms with Crippen molar-refractivity contribution in [2.24, 2.45) is 5.11 Å². The lowest BCUT2D eigenvalue weighted by Crippen LogP contribution is -1.97. The van der Waals surface area contributed by atoms with Crippen LogP contribution in [0.5, 0.6) is 11.5 Å². The smallest absolute Gasteiger partial charge is 0.161 e. The summed E-state index contributed by atoms with van der Waals surface area (Å²) in [5.74, 6) is 1.83. The quantitative estimate of drug-likeness (QED) is 0.508. The Bertz CT molecular complexity index is 645. The van der Waals surface area contributed by atoms with Gasteiger partial charge in [0, 0.05) is 16.9 Å². The summed E-state index contributed by atoms with van der Waals surface area (Å²) in [7, 11) is 0. The van der Waals surface area contributed by atoms with E-state index in [1.165, 1.54) is 0 Å². The van der Waals surface area contributed by atoms with Crippen LogP contribution in [0.4, 0.5) is 5.82 Å². The molecule has 7 nitrogen and oxygen atoms in total. The monoisotopic (exact) mass is 257 g/mol. The van der Waals surface area contributed by atoms with E-state index in [4.69, 9.17) is 15.0 Å². The molecule has 0 saturated carbocycles. The van der Waals surface area contributed by atoms with Crippen molar-refractivity contribution in [3.05, 3.63) is 34.7 Å². The van der Waals surface area contributed by atoms with Gasteiger partial charge in [0.2, 0.25) is 0 Å². The number of fused-ring (bicyclic) bond motifs is 1. The summed E-state index contributed by atoms with van der Waals surface area (Å²) < 4.78 is 11.2. The first-order valence-electron chi connectivity index (χ1n) is 5.87. The number of H-pyrrole nitrogens is 1. The summed E-state index contributed by atoms with van der Waals surface area (Å²) in [6, 6.07) is 7.30. The van der Waals surface area contributed by atoms with Crippen molar-refractivity contribution in [3.8, 4) is 22.8 Å². The SMILES string of the molecule is [N-]=[N+]=Nc1cc(-c2ccc3c(c2)OCCCO3)n[nH]1. The summed E-state index contributed by atoms with van der Waals surface area (Å²) in [4.78, 5) is 2.70. The minimum Gasteiger partial charge on any atom is -0.490 e. The van der Waals surface area contributed by atoms with Crippen molar-refractivity contribution >= 4 is 5.82 Å². The molecule has 96 valence electrons. The predicted octanol–water partition coefficient (Wildman–Crippen LogP) is 3.18. The third-order valence-corrected chi connectivity index (χ3v) is 2.76. The molecular formula is C12H11N5O2. The zero-order valence-corrected chi connectivity index (χ0v) is 10.0. The van der Waals surface area contributed by atoms with E-state index >= 15 is 0 Å². The number of nitrogens with one attached hydrogen (secondary N) is 1. The molecule has 7 heteroatoms. The number of azide groups is 1. The maximum Gasteiger partial charge on any atom is 0.161 e. The van der Waals surface area contributed by atoms with E-state index in [9.17, 15) is 0 Å². The third kappa shape index (κ3) is 2.31. The average Bonchev–Trinajstić information content (AvgIpc) is 2.76. The first kappa shape index (κ1) is 11.4. The molecule has 0 fully saturated rings. The molecule has 0 amide bonds. The van der Waals surface area contributed by atoms with Crippen LogP contribution in [-0.4, -0.2) is 23.4 Å². The Kier molecular flexibility index (Phi) is 2.96. The van der Waals surface area contributed by atoms with Gasteiger partial charge in [0.25, 0.3) is 0 Å². The molecule has 1 N–H and O–H groups in total. The number of nitrogens with zero attached hydrogens (tertiary/aromatic N) is 4. The molecule has 1 aliphatic heterocycles. The molecular weight excluding hydrogens is 246 g/mol. The Morgan fingerprint density at radius 2 is 2.05 bits per heavy atom. The van der Waals surface area contributed by atoms with Crippen LogP contribution in [0.25, 0.3) is 21.7 Å². The highest BCUT2D eigenvalue weighted by Crippen LogP contribution is 2.34. The third-order valence-electron chi connectivity index (χ3n) is 2.76.